The number of allylic oxidation sites excluding steroid dienone is 3. The van der Waals surface area contributed by atoms with Crippen LogP contribution in [0.15, 0.2) is 72.4 Å². The summed E-state index contributed by atoms with van der Waals surface area (Å²) in [6.45, 7) is 0. The van der Waals surface area contributed by atoms with E-state index in [0.29, 0.717) is 23.4 Å². The predicted octanol–water partition coefficient (Wildman–Crippen LogP) is 6.18. The van der Waals surface area contributed by atoms with Crippen molar-refractivity contribution in [3.63, 3.8) is 0 Å². The predicted molar refractivity (Wildman–Crippen MR) is 101 cm³/mol. The number of rotatable bonds is 4. The summed E-state index contributed by atoms with van der Waals surface area (Å²) in [6.07, 6.45) is 4.48. The zero-order valence-corrected chi connectivity index (χ0v) is 14.7. The number of benzene rings is 2. The fraction of sp³-hybridized carbons (Fsp3) is 0.227. The van der Waals surface area contributed by atoms with Crippen molar-refractivity contribution in [2.75, 3.05) is 0 Å². The number of hydrogen-bond donors (Lipinski definition) is 0. The van der Waals surface area contributed by atoms with E-state index in [-0.39, 0.29) is 0 Å². The van der Waals surface area contributed by atoms with Gasteiger partial charge in [0, 0.05) is 18.1 Å². The molecule has 0 saturated carbocycles. The van der Waals surface area contributed by atoms with Crippen LogP contribution in [0.25, 0.3) is 6.08 Å². The standard InChI is InChI=1S/C22H20F3NO/c23-22(24,25)19-14-12-18(13-15-19)21(16-11-17-7-3-1-4-8-17)26(27)20-9-5-2-6-10-20/h1,3-4,7-9,11-16H,2,5-6,10H2/b16-11+,26-21+. The van der Waals surface area contributed by atoms with E-state index in [2.05, 4.69) is 0 Å². The number of alkyl halides is 3. The highest BCUT2D eigenvalue weighted by molar-refractivity contribution is 6.07. The van der Waals surface area contributed by atoms with Gasteiger partial charge < -0.3 is 5.21 Å². The van der Waals surface area contributed by atoms with E-state index in [9.17, 15) is 18.4 Å². The van der Waals surface area contributed by atoms with Gasteiger partial charge >= 0.3 is 6.18 Å². The molecule has 0 amide bonds. The van der Waals surface area contributed by atoms with Crippen LogP contribution in [0.3, 0.4) is 0 Å². The summed E-state index contributed by atoms with van der Waals surface area (Å²) in [4.78, 5) is 0. The third kappa shape index (κ3) is 4.88. The van der Waals surface area contributed by atoms with Crippen LogP contribution in [-0.2, 0) is 6.18 Å². The molecule has 5 heteroatoms. The van der Waals surface area contributed by atoms with E-state index in [0.717, 1.165) is 41.7 Å². The van der Waals surface area contributed by atoms with E-state index in [1.54, 1.807) is 12.2 Å². The third-order valence-corrected chi connectivity index (χ3v) is 4.49. The minimum atomic E-state index is -4.40. The minimum absolute atomic E-state index is 0.334. The van der Waals surface area contributed by atoms with Gasteiger partial charge in [0.15, 0.2) is 5.70 Å². The molecule has 0 aliphatic heterocycles. The molecule has 2 nitrogen and oxygen atoms in total. The minimum Gasteiger partial charge on any atom is -0.618 e. The quantitative estimate of drug-likeness (QED) is 0.273. The SMILES string of the molecule is [O-]/[N+](C1=CCCCC1)=C(\C=C\c1ccccc1)c1ccc(C(F)(F)F)cc1. The second-order valence-electron chi connectivity index (χ2n) is 6.44. The monoisotopic (exact) mass is 371 g/mol. The third-order valence-electron chi connectivity index (χ3n) is 4.49. The van der Waals surface area contributed by atoms with Crippen LogP contribution in [0.4, 0.5) is 13.2 Å². The van der Waals surface area contributed by atoms with Gasteiger partial charge in [0.05, 0.1) is 5.56 Å². The van der Waals surface area contributed by atoms with Crippen LogP contribution in [-0.4, -0.2) is 10.5 Å². The number of hydroxylamine groups is 1. The Balaban J connectivity index is 2.02. The van der Waals surface area contributed by atoms with Gasteiger partial charge in [-0.2, -0.15) is 17.9 Å². The molecule has 0 atom stereocenters. The first-order chi connectivity index (χ1) is 12.9. The van der Waals surface area contributed by atoms with Crippen LogP contribution < -0.4 is 0 Å². The Labute approximate surface area is 156 Å². The zero-order valence-electron chi connectivity index (χ0n) is 14.7. The second-order valence-corrected chi connectivity index (χ2v) is 6.44. The van der Waals surface area contributed by atoms with Crippen molar-refractivity contribution in [2.24, 2.45) is 0 Å². The number of hydrogen-bond acceptors (Lipinski definition) is 1. The van der Waals surface area contributed by atoms with E-state index in [1.807, 2.05) is 36.4 Å². The molecule has 140 valence electrons. The molecular formula is C22H20F3NO. The fourth-order valence-electron chi connectivity index (χ4n) is 3.01. The second kappa shape index (κ2) is 8.25. The topological polar surface area (TPSA) is 26.1 Å². The summed E-state index contributed by atoms with van der Waals surface area (Å²) >= 11 is 0. The van der Waals surface area contributed by atoms with Crippen LogP contribution in [0.5, 0.6) is 0 Å². The van der Waals surface area contributed by atoms with Crippen LogP contribution >= 0.6 is 0 Å². The molecule has 3 rings (SSSR count). The first kappa shape index (κ1) is 19.0. The van der Waals surface area contributed by atoms with Gasteiger partial charge in [-0.1, -0.05) is 30.3 Å². The van der Waals surface area contributed by atoms with Gasteiger partial charge in [-0.25, -0.2) is 0 Å². The largest absolute Gasteiger partial charge is 0.618 e. The molecule has 0 spiro atoms. The maximum Gasteiger partial charge on any atom is 0.416 e. The Morgan fingerprint density at radius 2 is 1.67 bits per heavy atom. The van der Waals surface area contributed by atoms with Crippen molar-refractivity contribution in [3.8, 4) is 0 Å². The molecule has 1 aliphatic carbocycles. The van der Waals surface area contributed by atoms with Gasteiger partial charge in [0.1, 0.15) is 0 Å². The van der Waals surface area contributed by atoms with E-state index in [1.165, 1.54) is 12.1 Å². The smallest absolute Gasteiger partial charge is 0.416 e. The van der Waals surface area contributed by atoms with E-state index >= 15 is 0 Å². The molecule has 1 aliphatic rings. The molecule has 0 saturated heterocycles. The van der Waals surface area contributed by atoms with Gasteiger partial charge in [0.25, 0.3) is 0 Å². The maximum atomic E-state index is 12.9. The molecular weight excluding hydrogens is 351 g/mol. The average Bonchev–Trinajstić information content (AvgIpc) is 2.69. The van der Waals surface area contributed by atoms with Crippen LogP contribution in [0.1, 0.15) is 42.4 Å². The molecule has 0 bridgehead atoms. The Kier molecular flexibility index (Phi) is 5.79. The maximum absolute atomic E-state index is 12.9. The Hall–Kier alpha value is -2.82. The normalized spacial score (nSPS) is 16.2. The fourth-order valence-corrected chi connectivity index (χ4v) is 3.01. The summed E-state index contributed by atoms with van der Waals surface area (Å²) in [5.74, 6) is 0. The summed E-state index contributed by atoms with van der Waals surface area (Å²) in [7, 11) is 0. The van der Waals surface area contributed by atoms with Gasteiger partial charge in [-0.15, -0.1) is 0 Å². The lowest BCUT2D eigenvalue weighted by Gasteiger charge is -2.15. The van der Waals surface area contributed by atoms with Gasteiger partial charge in [-0.3, -0.25) is 0 Å². The molecule has 2 aromatic carbocycles. The lowest BCUT2D eigenvalue weighted by atomic mass is 10.0. The first-order valence-corrected chi connectivity index (χ1v) is 8.89. The lowest BCUT2D eigenvalue weighted by Crippen LogP contribution is -2.17. The van der Waals surface area contributed by atoms with Crippen molar-refractivity contribution < 1.29 is 17.9 Å². The van der Waals surface area contributed by atoms with Crippen molar-refractivity contribution in [1.29, 1.82) is 0 Å². The van der Waals surface area contributed by atoms with Gasteiger partial charge in [-0.05, 0) is 61.2 Å². The molecule has 0 N–H and O–H groups in total. The van der Waals surface area contributed by atoms with Crippen molar-refractivity contribution in [2.45, 2.75) is 31.9 Å². The molecule has 2 aromatic rings. The van der Waals surface area contributed by atoms with Crippen LogP contribution in [0.2, 0.25) is 0 Å². The zero-order chi connectivity index (χ0) is 19.3. The highest BCUT2D eigenvalue weighted by Gasteiger charge is 2.30. The molecule has 0 radical (unpaired) electrons. The molecule has 0 fully saturated rings. The molecule has 27 heavy (non-hydrogen) atoms. The molecule has 0 heterocycles. The average molecular weight is 371 g/mol. The van der Waals surface area contributed by atoms with E-state index in [4.69, 9.17) is 0 Å². The molecule has 0 unspecified atom stereocenters. The van der Waals surface area contributed by atoms with Crippen LogP contribution in [0, 0.1) is 5.21 Å². The van der Waals surface area contributed by atoms with E-state index < -0.39 is 11.7 Å². The summed E-state index contributed by atoms with van der Waals surface area (Å²) < 4.78 is 39.4. The van der Waals surface area contributed by atoms with Crippen molar-refractivity contribution in [3.05, 3.63) is 94.3 Å². The first-order valence-electron chi connectivity index (χ1n) is 8.89. The Morgan fingerprint density at radius 1 is 0.963 bits per heavy atom. The molecule has 0 aromatic heterocycles. The Morgan fingerprint density at radius 3 is 2.26 bits per heavy atom. The summed E-state index contributed by atoms with van der Waals surface area (Å²) in [5.41, 5.74) is 1.63. The van der Waals surface area contributed by atoms with Crippen molar-refractivity contribution in [1.82, 2.24) is 0 Å². The lowest BCUT2D eigenvalue weighted by molar-refractivity contribution is -0.404. The Bertz CT molecular complexity index is 863. The highest BCUT2D eigenvalue weighted by atomic mass is 19.4. The van der Waals surface area contributed by atoms with Crippen molar-refractivity contribution >= 4 is 11.8 Å². The van der Waals surface area contributed by atoms with Gasteiger partial charge in [0.2, 0.25) is 5.71 Å². The highest BCUT2D eigenvalue weighted by Crippen LogP contribution is 2.29. The summed E-state index contributed by atoms with van der Waals surface area (Å²) in [5, 5.41) is 12.9. The number of halogens is 3. The summed E-state index contributed by atoms with van der Waals surface area (Å²) in [6, 6.07) is 14.2. The number of nitrogens with zero attached hydrogens (tertiary/aromatic N) is 1.